The summed E-state index contributed by atoms with van der Waals surface area (Å²) in [5, 5.41) is 8.60. The van der Waals surface area contributed by atoms with Crippen LogP contribution in [0.2, 0.25) is 0 Å². The average Bonchev–Trinajstić information content (AvgIpc) is 3.55. The summed E-state index contributed by atoms with van der Waals surface area (Å²) in [5.74, 6) is 0.899. The highest BCUT2D eigenvalue weighted by Crippen LogP contribution is 2.35. The molecule has 0 spiro atoms. The van der Waals surface area contributed by atoms with Crippen molar-refractivity contribution in [1.82, 2.24) is 20.2 Å². The molecule has 10 nitrogen and oxygen atoms in total. The Morgan fingerprint density at radius 1 is 0.773 bits per heavy atom. The summed E-state index contributed by atoms with van der Waals surface area (Å²) in [6.45, 7) is 6.35. The van der Waals surface area contributed by atoms with Crippen LogP contribution in [0, 0.1) is 0 Å². The Morgan fingerprint density at radius 3 is 2.23 bits per heavy atom. The van der Waals surface area contributed by atoms with Gasteiger partial charge in [0.25, 0.3) is 0 Å². The molecule has 4 heterocycles. The predicted octanol–water partition coefficient (Wildman–Crippen LogP) is 4.89. The van der Waals surface area contributed by atoms with E-state index in [9.17, 15) is 8.42 Å². The molecule has 44 heavy (non-hydrogen) atoms. The fourth-order valence-corrected chi connectivity index (χ4v) is 6.60. The van der Waals surface area contributed by atoms with Gasteiger partial charge in [0, 0.05) is 73.4 Å². The van der Waals surface area contributed by atoms with E-state index < -0.39 is 9.84 Å². The smallest absolute Gasteiger partial charge is 0.175 e. The number of aromatic nitrogens is 4. The van der Waals surface area contributed by atoms with Crippen molar-refractivity contribution in [3.8, 4) is 22.4 Å². The Balaban J connectivity index is 0.00000343. The first-order valence-electron chi connectivity index (χ1n) is 14.5. The maximum absolute atomic E-state index is 12.1. The number of H-pyrrole nitrogens is 1. The van der Waals surface area contributed by atoms with Crippen LogP contribution >= 0.6 is 0 Å². The molecule has 228 valence electrons. The van der Waals surface area contributed by atoms with Crippen LogP contribution < -0.4 is 14.7 Å². The van der Waals surface area contributed by atoms with E-state index in [0.717, 1.165) is 97.3 Å². The van der Waals surface area contributed by atoms with Crippen molar-refractivity contribution in [2.24, 2.45) is 0 Å². The zero-order valence-electron chi connectivity index (χ0n) is 24.0. The summed E-state index contributed by atoms with van der Waals surface area (Å²) in [6.07, 6.45) is 4.74. The fourth-order valence-electron chi connectivity index (χ4n) is 5.94. The van der Waals surface area contributed by atoms with Gasteiger partial charge in [0.1, 0.15) is 12.1 Å². The van der Waals surface area contributed by atoms with E-state index in [1.54, 1.807) is 24.5 Å². The SMILES string of the molecule is C.CS(=O)(=O)c1cccc(N2CCN(c3ncnc4ccc(-c5cn[nH]c5-c5ccc(N6CCOCC6)cc5)cc34)CC2)c1. The lowest BCUT2D eigenvalue weighted by Gasteiger charge is -2.37. The normalized spacial score (nSPS) is 15.8. The van der Waals surface area contributed by atoms with Gasteiger partial charge >= 0.3 is 0 Å². The Bertz CT molecular complexity index is 1860. The van der Waals surface area contributed by atoms with Crippen molar-refractivity contribution >= 4 is 37.9 Å². The molecule has 11 heteroatoms. The zero-order valence-corrected chi connectivity index (χ0v) is 24.8. The second kappa shape index (κ2) is 12.3. The number of morpholine rings is 1. The quantitative estimate of drug-likeness (QED) is 0.287. The highest BCUT2D eigenvalue weighted by atomic mass is 32.2. The molecule has 3 aromatic carbocycles. The van der Waals surface area contributed by atoms with Crippen LogP contribution in [0.15, 0.2) is 84.1 Å². The first-order valence-corrected chi connectivity index (χ1v) is 16.3. The van der Waals surface area contributed by atoms with E-state index in [2.05, 4.69) is 66.3 Å². The number of rotatable bonds is 6. The number of hydrogen-bond acceptors (Lipinski definition) is 9. The van der Waals surface area contributed by atoms with Crippen LogP contribution in [0.5, 0.6) is 0 Å². The first kappa shape index (κ1) is 29.6. The number of ether oxygens (including phenoxy) is 1. The number of sulfone groups is 1. The van der Waals surface area contributed by atoms with Gasteiger partial charge in [0.15, 0.2) is 9.84 Å². The van der Waals surface area contributed by atoms with E-state index in [0.29, 0.717) is 4.90 Å². The van der Waals surface area contributed by atoms with E-state index in [4.69, 9.17) is 9.72 Å². The van der Waals surface area contributed by atoms with Crippen molar-refractivity contribution in [3.05, 3.63) is 79.3 Å². The molecule has 0 amide bonds. The van der Waals surface area contributed by atoms with Crippen LogP contribution in [0.4, 0.5) is 17.2 Å². The topological polar surface area (TPSA) is 108 Å². The summed E-state index contributed by atoms with van der Waals surface area (Å²) < 4.78 is 29.6. The van der Waals surface area contributed by atoms with Crippen molar-refractivity contribution < 1.29 is 13.2 Å². The summed E-state index contributed by atoms with van der Waals surface area (Å²) in [4.78, 5) is 16.5. The summed E-state index contributed by atoms with van der Waals surface area (Å²) in [7, 11) is -3.26. The summed E-state index contributed by atoms with van der Waals surface area (Å²) >= 11 is 0. The maximum atomic E-state index is 12.1. The molecule has 1 N–H and O–H groups in total. The molecular weight excluding hydrogens is 574 g/mol. The van der Waals surface area contributed by atoms with Gasteiger partial charge in [0.05, 0.1) is 35.5 Å². The number of anilines is 3. The third-order valence-electron chi connectivity index (χ3n) is 8.29. The highest BCUT2D eigenvalue weighted by Gasteiger charge is 2.22. The molecule has 0 aliphatic carbocycles. The van der Waals surface area contributed by atoms with Gasteiger partial charge in [-0.05, 0) is 48.0 Å². The van der Waals surface area contributed by atoms with E-state index in [-0.39, 0.29) is 7.43 Å². The molecule has 5 aromatic rings. The average molecular weight is 612 g/mol. The van der Waals surface area contributed by atoms with Crippen LogP contribution in [0.3, 0.4) is 0 Å². The lowest BCUT2D eigenvalue weighted by molar-refractivity contribution is 0.122. The Morgan fingerprint density at radius 2 is 1.48 bits per heavy atom. The second-order valence-corrected chi connectivity index (χ2v) is 13.0. The standard InChI is InChI=1S/C32H33N7O3S.CH4/c1-43(40,41)27-4-2-3-26(20-27)37-11-13-39(14-12-37)32-28-19-24(7-10-30(28)33-22-34-32)29-21-35-36-31(29)23-5-8-25(9-6-23)38-15-17-42-18-16-38;/h2-10,19-22H,11-18H2,1H3,(H,35,36);1H4. The fraction of sp³-hybridized carbons (Fsp3) is 0.303. The van der Waals surface area contributed by atoms with Gasteiger partial charge in [-0.1, -0.05) is 31.7 Å². The molecule has 7 rings (SSSR count). The van der Waals surface area contributed by atoms with E-state index in [1.165, 1.54) is 11.9 Å². The summed E-state index contributed by atoms with van der Waals surface area (Å²) in [6, 6.07) is 22.1. The Hall–Kier alpha value is -4.48. The number of fused-ring (bicyclic) bond motifs is 1. The van der Waals surface area contributed by atoms with Crippen molar-refractivity contribution in [1.29, 1.82) is 0 Å². The van der Waals surface area contributed by atoms with E-state index >= 15 is 0 Å². The number of benzene rings is 3. The molecule has 0 unspecified atom stereocenters. The van der Waals surface area contributed by atoms with Crippen molar-refractivity contribution in [3.63, 3.8) is 0 Å². The van der Waals surface area contributed by atoms with Gasteiger partial charge < -0.3 is 19.4 Å². The third kappa shape index (κ3) is 5.85. The minimum absolute atomic E-state index is 0. The van der Waals surface area contributed by atoms with Crippen LogP contribution in [0.25, 0.3) is 33.3 Å². The Kier molecular flexibility index (Phi) is 8.24. The number of piperazine rings is 1. The molecular formula is C33H37N7O3S. The lowest BCUT2D eigenvalue weighted by atomic mass is 10.00. The molecule has 0 saturated carbocycles. The van der Waals surface area contributed by atoms with Crippen molar-refractivity contribution in [2.75, 3.05) is 73.4 Å². The molecule has 2 aromatic heterocycles. The molecule has 2 aliphatic heterocycles. The molecule has 0 bridgehead atoms. The van der Waals surface area contributed by atoms with Crippen LogP contribution in [0.1, 0.15) is 7.43 Å². The second-order valence-electron chi connectivity index (χ2n) is 11.0. The molecule has 2 fully saturated rings. The maximum Gasteiger partial charge on any atom is 0.175 e. The van der Waals surface area contributed by atoms with Gasteiger partial charge in [-0.3, -0.25) is 5.10 Å². The minimum atomic E-state index is -3.26. The van der Waals surface area contributed by atoms with Crippen LogP contribution in [-0.4, -0.2) is 87.3 Å². The number of hydrogen-bond donors (Lipinski definition) is 1. The van der Waals surface area contributed by atoms with E-state index in [1.807, 2.05) is 18.3 Å². The minimum Gasteiger partial charge on any atom is -0.378 e. The molecule has 0 atom stereocenters. The lowest BCUT2D eigenvalue weighted by Crippen LogP contribution is -2.47. The van der Waals surface area contributed by atoms with Gasteiger partial charge in [-0.25, -0.2) is 18.4 Å². The Labute approximate surface area is 258 Å². The third-order valence-corrected chi connectivity index (χ3v) is 9.40. The van der Waals surface area contributed by atoms with Crippen molar-refractivity contribution in [2.45, 2.75) is 12.3 Å². The first-order chi connectivity index (χ1) is 20.9. The molecule has 2 aliphatic rings. The largest absolute Gasteiger partial charge is 0.378 e. The van der Waals surface area contributed by atoms with Gasteiger partial charge in [-0.15, -0.1) is 0 Å². The van der Waals surface area contributed by atoms with Gasteiger partial charge in [0.2, 0.25) is 0 Å². The molecule has 0 radical (unpaired) electrons. The highest BCUT2D eigenvalue weighted by molar-refractivity contribution is 7.90. The number of nitrogens with one attached hydrogen (secondary N) is 1. The molecule has 2 saturated heterocycles. The number of nitrogens with zero attached hydrogens (tertiary/aromatic N) is 6. The predicted molar refractivity (Wildman–Crippen MR) is 176 cm³/mol. The summed E-state index contributed by atoms with van der Waals surface area (Å²) in [5.41, 5.74) is 7.11. The zero-order chi connectivity index (χ0) is 29.4. The van der Waals surface area contributed by atoms with Gasteiger partial charge in [-0.2, -0.15) is 5.10 Å². The number of aromatic amines is 1. The monoisotopic (exact) mass is 611 g/mol. The van der Waals surface area contributed by atoms with Crippen LogP contribution in [-0.2, 0) is 14.6 Å².